The van der Waals surface area contributed by atoms with Gasteiger partial charge in [0.25, 0.3) is 5.91 Å². The van der Waals surface area contributed by atoms with Gasteiger partial charge in [-0.3, -0.25) is 9.69 Å². The zero-order valence-electron chi connectivity index (χ0n) is 22.2. The summed E-state index contributed by atoms with van der Waals surface area (Å²) in [5.74, 6) is 0.836. The molecule has 1 unspecified atom stereocenters. The summed E-state index contributed by atoms with van der Waals surface area (Å²) < 4.78 is 11.6. The molecule has 0 radical (unpaired) electrons. The summed E-state index contributed by atoms with van der Waals surface area (Å²) >= 11 is 0. The summed E-state index contributed by atoms with van der Waals surface area (Å²) in [4.78, 5) is 27.3. The number of hydrogen-bond acceptors (Lipinski definition) is 5. The number of carbonyl (C=O) groups excluding carboxylic acids is 2. The van der Waals surface area contributed by atoms with Crippen molar-refractivity contribution in [1.29, 1.82) is 0 Å². The number of phenols is 1. The Balaban J connectivity index is 1.46. The number of nitrogens with one attached hydrogen (secondary N) is 1. The molecular formula is C31H32N2O5. The molecule has 0 spiro atoms. The Kier molecular flexibility index (Phi) is 7.86. The van der Waals surface area contributed by atoms with Crippen molar-refractivity contribution in [3.8, 4) is 17.2 Å². The Labute approximate surface area is 222 Å². The molecule has 0 bridgehead atoms. The summed E-state index contributed by atoms with van der Waals surface area (Å²) in [5.41, 5.74) is 3.92. The second-order valence-corrected chi connectivity index (χ2v) is 9.33. The molecule has 0 aromatic heterocycles. The minimum absolute atomic E-state index is 0.182. The number of nitrogens with zero attached hydrogens (tertiary/aromatic N) is 1. The van der Waals surface area contributed by atoms with Crippen LogP contribution in [0.5, 0.6) is 17.2 Å². The molecule has 0 heterocycles. The van der Waals surface area contributed by atoms with Gasteiger partial charge in [-0.2, -0.15) is 0 Å². The fourth-order valence-corrected chi connectivity index (χ4v) is 4.26. The van der Waals surface area contributed by atoms with Crippen LogP contribution in [-0.4, -0.2) is 30.3 Å². The Hall–Kier alpha value is -4.52. The van der Waals surface area contributed by atoms with E-state index in [4.69, 9.17) is 9.47 Å². The number of anilines is 2. The molecule has 0 aliphatic carbocycles. The van der Waals surface area contributed by atoms with Gasteiger partial charge in [0.2, 0.25) is 0 Å². The third kappa shape index (κ3) is 5.72. The molecule has 0 fully saturated rings. The average molecular weight is 513 g/mol. The van der Waals surface area contributed by atoms with Crippen molar-refractivity contribution in [1.82, 2.24) is 0 Å². The van der Waals surface area contributed by atoms with E-state index < -0.39 is 12.2 Å². The first kappa shape index (κ1) is 26.5. The normalized spacial score (nSPS) is 11.6. The number of carbonyl (C=O) groups is 2. The van der Waals surface area contributed by atoms with Gasteiger partial charge in [0, 0.05) is 29.6 Å². The van der Waals surface area contributed by atoms with Gasteiger partial charge in [-0.05, 0) is 62.6 Å². The lowest BCUT2D eigenvalue weighted by Gasteiger charge is -2.20. The van der Waals surface area contributed by atoms with Gasteiger partial charge >= 0.3 is 6.09 Å². The fraction of sp³-hybridized carbons (Fsp3) is 0.226. The quantitative estimate of drug-likeness (QED) is 0.281. The van der Waals surface area contributed by atoms with Crippen LogP contribution in [0.1, 0.15) is 30.0 Å². The summed E-state index contributed by atoms with van der Waals surface area (Å²) in [6.45, 7) is 7.66. The Morgan fingerprint density at radius 3 is 2.42 bits per heavy atom. The van der Waals surface area contributed by atoms with E-state index in [9.17, 15) is 14.7 Å². The van der Waals surface area contributed by atoms with Crippen molar-refractivity contribution < 1.29 is 24.2 Å². The number of ether oxygens (including phenoxy) is 2. The Bertz CT molecular complexity index is 1500. The molecular weight excluding hydrogens is 480 g/mol. The number of phenolic OH excluding ortho intramolecular Hbond substituents is 1. The molecule has 38 heavy (non-hydrogen) atoms. The third-order valence-electron chi connectivity index (χ3n) is 6.42. The second-order valence-electron chi connectivity index (χ2n) is 9.33. The first-order chi connectivity index (χ1) is 18.2. The van der Waals surface area contributed by atoms with Crippen LogP contribution < -0.4 is 19.7 Å². The number of aromatic hydroxyl groups is 1. The fourth-order valence-electron chi connectivity index (χ4n) is 4.26. The SMILES string of the molecule is CCC(Oc1ccc(C)cc1C)C(=O)Nc1cccc(OC(=O)N(C)c2cccc3c(O)c(C)ccc23)c1. The standard InChI is InChI=1S/C31H32N2O5/c1-6-27(38-28-16-13-19(2)17-21(28)4)30(35)32-22-9-7-10-23(18-22)37-31(36)33(5)26-12-8-11-25-24(26)15-14-20(3)29(25)34/h7-18,27,34H,6H2,1-5H3,(H,32,35). The first-order valence-corrected chi connectivity index (χ1v) is 12.5. The molecule has 2 amide bonds. The van der Waals surface area contributed by atoms with Crippen molar-refractivity contribution in [3.63, 3.8) is 0 Å². The van der Waals surface area contributed by atoms with E-state index in [0.29, 0.717) is 28.9 Å². The number of hydrogen-bond donors (Lipinski definition) is 2. The van der Waals surface area contributed by atoms with Crippen LogP contribution in [0, 0.1) is 20.8 Å². The lowest BCUT2D eigenvalue weighted by Crippen LogP contribution is -2.32. The lowest BCUT2D eigenvalue weighted by molar-refractivity contribution is -0.122. The molecule has 4 aromatic rings. The van der Waals surface area contributed by atoms with Crippen LogP contribution in [-0.2, 0) is 4.79 Å². The van der Waals surface area contributed by atoms with E-state index in [1.54, 1.807) is 55.6 Å². The molecule has 0 saturated carbocycles. The zero-order chi connectivity index (χ0) is 27.4. The largest absolute Gasteiger partial charge is 0.507 e. The van der Waals surface area contributed by atoms with E-state index >= 15 is 0 Å². The summed E-state index contributed by atoms with van der Waals surface area (Å²) in [6, 6.07) is 21.5. The van der Waals surface area contributed by atoms with Crippen molar-refractivity contribution in [3.05, 3.63) is 89.5 Å². The van der Waals surface area contributed by atoms with Crippen LogP contribution in [0.4, 0.5) is 16.2 Å². The Morgan fingerprint density at radius 2 is 1.68 bits per heavy atom. The lowest BCUT2D eigenvalue weighted by atomic mass is 10.0. The van der Waals surface area contributed by atoms with E-state index in [-0.39, 0.29) is 17.4 Å². The van der Waals surface area contributed by atoms with Crippen LogP contribution in [0.25, 0.3) is 10.8 Å². The number of rotatable bonds is 7. The van der Waals surface area contributed by atoms with Gasteiger partial charge in [-0.1, -0.05) is 55.0 Å². The van der Waals surface area contributed by atoms with Crippen LogP contribution in [0.15, 0.2) is 72.8 Å². The van der Waals surface area contributed by atoms with E-state index in [1.807, 2.05) is 52.0 Å². The first-order valence-electron chi connectivity index (χ1n) is 12.5. The van der Waals surface area contributed by atoms with Gasteiger partial charge in [-0.25, -0.2) is 4.79 Å². The van der Waals surface area contributed by atoms with Crippen molar-refractivity contribution >= 4 is 34.1 Å². The van der Waals surface area contributed by atoms with E-state index in [2.05, 4.69) is 5.32 Å². The highest BCUT2D eigenvalue weighted by Gasteiger charge is 2.21. The molecule has 1 atom stereocenters. The number of benzene rings is 4. The topological polar surface area (TPSA) is 88.1 Å². The molecule has 0 aliphatic rings. The molecule has 4 rings (SSSR count). The second kappa shape index (κ2) is 11.3. The van der Waals surface area contributed by atoms with Crippen LogP contribution in [0.2, 0.25) is 0 Å². The highest BCUT2D eigenvalue weighted by molar-refractivity contribution is 6.04. The van der Waals surface area contributed by atoms with Gasteiger partial charge in [0.05, 0.1) is 5.69 Å². The third-order valence-corrected chi connectivity index (χ3v) is 6.42. The zero-order valence-corrected chi connectivity index (χ0v) is 22.2. The maximum atomic E-state index is 13.0. The molecule has 4 aromatic carbocycles. The summed E-state index contributed by atoms with van der Waals surface area (Å²) in [6.07, 6.45) is -0.801. The molecule has 196 valence electrons. The predicted molar refractivity (Wildman–Crippen MR) is 150 cm³/mol. The molecule has 2 N–H and O–H groups in total. The smallest absolute Gasteiger partial charge is 0.419 e. The highest BCUT2D eigenvalue weighted by atomic mass is 16.6. The van der Waals surface area contributed by atoms with Crippen LogP contribution >= 0.6 is 0 Å². The maximum Gasteiger partial charge on any atom is 0.419 e. The average Bonchev–Trinajstić information content (AvgIpc) is 2.89. The van der Waals surface area contributed by atoms with E-state index in [0.717, 1.165) is 22.1 Å². The molecule has 0 aliphatic heterocycles. The number of fused-ring (bicyclic) bond motifs is 1. The maximum absolute atomic E-state index is 13.0. The monoisotopic (exact) mass is 512 g/mol. The van der Waals surface area contributed by atoms with Crippen molar-refractivity contribution in [2.24, 2.45) is 0 Å². The minimum Gasteiger partial charge on any atom is -0.507 e. The van der Waals surface area contributed by atoms with Crippen molar-refractivity contribution in [2.75, 3.05) is 17.3 Å². The number of aryl methyl sites for hydroxylation is 3. The van der Waals surface area contributed by atoms with Crippen molar-refractivity contribution in [2.45, 2.75) is 40.2 Å². The van der Waals surface area contributed by atoms with Gasteiger partial charge in [0.1, 0.15) is 17.2 Å². The molecule has 0 saturated heterocycles. The van der Waals surface area contributed by atoms with Gasteiger partial charge in [0.15, 0.2) is 6.10 Å². The molecule has 7 heteroatoms. The number of amides is 2. The summed E-state index contributed by atoms with van der Waals surface area (Å²) in [5, 5.41) is 14.7. The van der Waals surface area contributed by atoms with Crippen LogP contribution in [0.3, 0.4) is 0 Å². The minimum atomic E-state index is -0.680. The molecule has 7 nitrogen and oxygen atoms in total. The van der Waals surface area contributed by atoms with Gasteiger partial charge < -0.3 is 19.9 Å². The van der Waals surface area contributed by atoms with Gasteiger partial charge in [-0.15, -0.1) is 0 Å². The highest BCUT2D eigenvalue weighted by Crippen LogP contribution is 2.34. The van der Waals surface area contributed by atoms with E-state index in [1.165, 1.54) is 4.90 Å². The Morgan fingerprint density at radius 1 is 0.921 bits per heavy atom. The summed E-state index contributed by atoms with van der Waals surface area (Å²) in [7, 11) is 1.61. The predicted octanol–water partition coefficient (Wildman–Crippen LogP) is 6.90.